The number of anilines is 1. The summed E-state index contributed by atoms with van der Waals surface area (Å²) >= 11 is 1.22. The van der Waals surface area contributed by atoms with Gasteiger partial charge >= 0.3 is 0 Å². The number of aromatic nitrogens is 1. The van der Waals surface area contributed by atoms with Crippen LogP contribution in [-0.2, 0) is 6.42 Å². The van der Waals surface area contributed by atoms with Crippen molar-refractivity contribution >= 4 is 38.8 Å². The lowest BCUT2D eigenvalue weighted by Gasteiger charge is -2.14. The Balaban J connectivity index is 1.46. The lowest BCUT2D eigenvalue weighted by atomic mass is 10.0. The SMILES string of the molecule is O=C(c1ccc(Cc2ccccc2)cc1)N(/N=C/c1ccccc1)c1nc2ccc(F)cc2s1. The van der Waals surface area contributed by atoms with Crippen LogP contribution in [0.2, 0.25) is 0 Å². The Morgan fingerprint density at radius 2 is 1.56 bits per heavy atom. The summed E-state index contributed by atoms with van der Waals surface area (Å²) < 4.78 is 14.4. The summed E-state index contributed by atoms with van der Waals surface area (Å²) in [5.41, 5.74) is 4.28. The molecule has 1 aromatic heterocycles. The summed E-state index contributed by atoms with van der Waals surface area (Å²) in [6, 6.07) is 31.6. The Kier molecular flexibility index (Phi) is 6.23. The van der Waals surface area contributed by atoms with Crippen LogP contribution in [0.4, 0.5) is 9.52 Å². The minimum atomic E-state index is -0.345. The number of nitrogens with zero attached hydrogens (tertiary/aromatic N) is 3. The summed E-state index contributed by atoms with van der Waals surface area (Å²) in [7, 11) is 0. The van der Waals surface area contributed by atoms with Gasteiger partial charge in [0.15, 0.2) is 0 Å². The molecular weight excluding hydrogens is 445 g/mol. The lowest BCUT2D eigenvalue weighted by molar-refractivity contribution is 0.0988. The molecule has 4 aromatic carbocycles. The van der Waals surface area contributed by atoms with E-state index in [1.54, 1.807) is 24.4 Å². The topological polar surface area (TPSA) is 45.6 Å². The molecule has 34 heavy (non-hydrogen) atoms. The largest absolute Gasteiger partial charge is 0.280 e. The van der Waals surface area contributed by atoms with E-state index in [0.717, 1.165) is 17.5 Å². The number of benzene rings is 4. The smallest absolute Gasteiger partial charge is 0.267 e. The second-order valence-corrected chi connectivity index (χ2v) is 8.75. The molecule has 0 atom stereocenters. The van der Waals surface area contributed by atoms with Crippen LogP contribution in [0.15, 0.2) is 108 Å². The Hall–Kier alpha value is -4.16. The van der Waals surface area contributed by atoms with Crippen molar-refractivity contribution in [2.45, 2.75) is 6.42 Å². The first-order valence-electron chi connectivity index (χ1n) is 10.8. The van der Waals surface area contributed by atoms with Crippen molar-refractivity contribution in [1.82, 2.24) is 4.98 Å². The average Bonchev–Trinajstić information content (AvgIpc) is 3.28. The second-order valence-electron chi connectivity index (χ2n) is 7.74. The summed E-state index contributed by atoms with van der Waals surface area (Å²) in [6.45, 7) is 0. The summed E-state index contributed by atoms with van der Waals surface area (Å²) in [5.74, 6) is -0.652. The van der Waals surface area contributed by atoms with Crippen LogP contribution >= 0.6 is 11.3 Å². The third-order valence-electron chi connectivity index (χ3n) is 5.29. The zero-order valence-electron chi connectivity index (χ0n) is 18.1. The van der Waals surface area contributed by atoms with Gasteiger partial charge in [0.1, 0.15) is 5.82 Å². The minimum Gasteiger partial charge on any atom is -0.267 e. The number of fused-ring (bicyclic) bond motifs is 1. The van der Waals surface area contributed by atoms with Gasteiger partial charge in [-0.2, -0.15) is 10.1 Å². The molecule has 0 bridgehead atoms. The molecule has 0 fully saturated rings. The van der Waals surface area contributed by atoms with Crippen molar-refractivity contribution in [1.29, 1.82) is 0 Å². The van der Waals surface area contributed by atoms with Crippen molar-refractivity contribution in [3.8, 4) is 0 Å². The van der Waals surface area contributed by atoms with Gasteiger partial charge in [0, 0.05) is 5.56 Å². The maximum Gasteiger partial charge on any atom is 0.280 e. The molecule has 0 saturated carbocycles. The fourth-order valence-electron chi connectivity index (χ4n) is 3.55. The number of carbonyl (C=O) groups excluding carboxylic acids is 1. The molecule has 0 aliphatic carbocycles. The summed E-state index contributed by atoms with van der Waals surface area (Å²) in [5, 5.41) is 6.12. The summed E-state index contributed by atoms with van der Waals surface area (Å²) in [4.78, 5) is 18.0. The number of hydrogen-bond donors (Lipinski definition) is 0. The number of halogens is 1. The Labute approximate surface area is 200 Å². The Bertz CT molecular complexity index is 1450. The highest BCUT2D eigenvalue weighted by molar-refractivity contribution is 7.22. The molecule has 0 radical (unpaired) electrons. The van der Waals surface area contributed by atoms with E-state index in [0.29, 0.717) is 20.9 Å². The number of carbonyl (C=O) groups is 1. The maximum atomic E-state index is 13.7. The number of rotatable bonds is 6. The van der Waals surface area contributed by atoms with Crippen molar-refractivity contribution in [2.75, 3.05) is 5.01 Å². The second kappa shape index (κ2) is 9.77. The predicted molar refractivity (Wildman–Crippen MR) is 136 cm³/mol. The summed E-state index contributed by atoms with van der Waals surface area (Å²) in [6.07, 6.45) is 2.41. The lowest BCUT2D eigenvalue weighted by Crippen LogP contribution is -2.25. The zero-order valence-corrected chi connectivity index (χ0v) is 19.0. The Morgan fingerprint density at radius 1 is 0.882 bits per heavy atom. The van der Waals surface area contributed by atoms with Gasteiger partial charge in [-0.15, -0.1) is 0 Å². The Morgan fingerprint density at radius 3 is 2.29 bits per heavy atom. The molecule has 5 rings (SSSR count). The highest BCUT2D eigenvalue weighted by Crippen LogP contribution is 2.30. The van der Waals surface area contributed by atoms with Gasteiger partial charge in [-0.3, -0.25) is 4.79 Å². The van der Waals surface area contributed by atoms with Crippen LogP contribution in [0.5, 0.6) is 0 Å². The van der Waals surface area contributed by atoms with Crippen LogP contribution in [0, 0.1) is 5.82 Å². The van der Waals surface area contributed by atoms with Gasteiger partial charge in [-0.05, 0) is 53.4 Å². The van der Waals surface area contributed by atoms with Crippen molar-refractivity contribution in [3.05, 3.63) is 131 Å². The molecule has 166 valence electrons. The number of thiazole rings is 1. The van der Waals surface area contributed by atoms with Gasteiger partial charge < -0.3 is 0 Å². The van der Waals surface area contributed by atoms with E-state index < -0.39 is 0 Å². The van der Waals surface area contributed by atoms with Gasteiger partial charge in [0.25, 0.3) is 5.91 Å². The van der Waals surface area contributed by atoms with Crippen molar-refractivity contribution in [2.24, 2.45) is 5.10 Å². The quantitative estimate of drug-likeness (QED) is 0.207. The average molecular weight is 466 g/mol. The first kappa shape index (κ1) is 21.7. The monoisotopic (exact) mass is 465 g/mol. The normalized spacial score (nSPS) is 11.2. The maximum absolute atomic E-state index is 13.7. The van der Waals surface area contributed by atoms with E-state index in [4.69, 9.17) is 0 Å². The van der Waals surface area contributed by atoms with Crippen LogP contribution in [0.25, 0.3) is 10.2 Å². The molecule has 1 amide bonds. The molecule has 4 nitrogen and oxygen atoms in total. The predicted octanol–water partition coefficient (Wildman–Crippen LogP) is 6.71. The third kappa shape index (κ3) is 4.92. The highest BCUT2D eigenvalue weighted by Gasteiger charge is 2.21. The van der Waals surface area contributed by atoms with E-state index in [9.17, 15) is 9.18 Å². The number of amides is 1. The number of hydrazone groups is 1. The molecular formula is C28H20FN3OS. The molecule has 0 aliphatic rings. The van der Waals surface area contributed by atoms with E-state index in [2.05, 4.69) is 22.2 Å². The minimum absolute atomic E-state index is 0.307. The van der Waals surface area contributed by atoms with Crippen LogP contribution in [-0.4, -0.2) is 17.1 Å². The molecule has 0 unspecified atom stereocenters. The van der Waals surface area contributed by atoms with E-state index in [1.807, 2.05) is 60.7 Å². The van der Waals surface area contributed by atoms with Crippen molar-refractivity contribution < 1.29 is 9.18 Å². The van der Waals surface area contributed by atoms with Gasteiger partial charge in [-0.1, -0.05) is 84.1 Å². The van der Waals surface area contributed by atoms with Crippen LogP contribution in [0.3, 0.4) is 0 Å². The van der Waals surface area contributed by atoms with Crippen LogP contribution < -0.4 is 5.01 Å². The van der Waals surface area contributed by atoms with Gasteiger partial charge in [-0.25, -0.2) is 9.37 Å². The van der Waals surface area contributed by atoms with Gasteiger partial charge in [0.2, 0.25) is 5.13 Å². The molecule has 6 heteroatoms. The first-order chi connectivity index (χ1) is 16.7. The molecule has 0 saturated heterocycles. The molecule has 0 spiro atoms. The number of hydrogen-bond acceptors (Lipinski definition) is 4. The van der Waals surface area contributed by atoms with E-state index in [-0.39, 0.29) is 11.7 Å². The highest BCUT2D eigenvalue weighted by atomic mass is 32.1. The standard InChI is InChI=1S/C28H20FN3OS/c29-24-15-16-25-26(18-24)34-28(31-25)32(30-19-22-9-5-2-6-10-22)27(33)23-13-11-21(12-14-23)17-20-7-3-1-4-8-20/h1-16,18-19H,17H2/b30-19+. The van der Waals surface area contributed by atoms with Crippen LogP contribution in [0.1, 0.15) is 27.0 Å². The third-order valence-corrected chi connectivity index (χ3v) is 6.28. The zero-order chi connectivity index (χ0) is 23.3. The van der Waals surface area contributed by atoms with Gasteiger partial charge in [0.05, 0.1) is 16.4 Å². The first-order valence-corrected chi connectivity index (χ1v) is 11.6. The molecule has 1 heterocycles. The van der Waals surface area contributed by atoms with E-state index >= 15 is 0 Å². The molecule has 0 N–H and O–H groups in total. The molecule has 5 aromatic rings. The fraction of sp³-hybridized carbons (Fsp3) is 0.0357. The van der Waals surface area contributed by atoms with E-state index in [1.165, 1.54) is 34.0 Å². The molecule has 0 aliphatic heterocycles. The fourth-order valence-corrected chi connectivity index (χ4v) is 4.50. The van der Waals surface area contributed by atoms with Crippen molar-refractivity contribution in [3.63, 3.8) is 0 Å².